The molecule has 0 aliphatic carbocycles. The molecule has 0 spiro atoms. The molecule has 0 saturated carbocycles. The van der Waals surface area contributed by atoms with Crippen LogP contribution in [0.1, 0.15) is 42.3 Å². The van der Waals surface area contributed by atoms with E-state index in [1.165, 1.54) is 11.3 Å². The van der Waals surface area contributed by atoms with Gasteiger partial charge in [0.15, 0.2) is 0 Å². The summed E-state index contributed by atoms with van der Waals surface area (Å²) in [7, 11) is 0. The molecule has 1 aliphatic heterocycles. The van der Waals surface area contributed by atoms with Crippen LogP contribution in [0.4, 0.5) is 10.5 Å². The summed E-state index contributed by atoms with van der Waals surface area (Å²) in [6.07, 6.45) is 2.95. The van der Waals surface area contributed by atoms with Gasteiger partial charge in [-0.15, -0.1) is 5.10 Å². The molecule has 1 aromatic heterocycles. The van der Waals surface area contributed by atoms with Crippen molar-refractivity contribution in [1.29, 1.82) is 0 Å². The zero-order chi connectivity index (χ0) is 30.9. The number of nitrogens with one attached hydrogen (secondary N) is 1. The minimum Gasteiger partial charge on any atom is -0.449 e. The van der Waals surface area contributed by atoms with Crippen LogP contribution in [0.2, 0.25) is 5.02 Å². The fourth-order valence-electron chi connectivity index (χ4n) is 5.71. The average Bonchev–Trinajstić information content (AvgIpc) is 3.49. The van der Waals surface area contributed by atoms with Crippen molar-refractivity contribution < 1.29 is 9.53 Å². The van der Waals surface area contributed by atoms with Crippen molar-refractivity contribution in [2.24, 2.45) is 5.92 Å². The Morgan fingerprint density at radius 1 is 0.932 bits per heavy atom. The molecule has 8 nitrogen and oxygen atoms in total. The maximum atomic E-state index is 13.0. The van der Waals surface area contributed by atoms with Gasteiger partial charge in [0, 0.05) is 43.4 Å². The van der Waals surface area contributed by atoms with E-state index < -0.39 is 6.09 Å². The zero-order valence-corrected chi connectivity index (χ0v) is 26.7. The van der Waals surface area contributed by atoms with Gasteiger partial charge in [0.05, 0.1) is 30.6 Å². The molecule has 9 heteroatoms. The molecular formula is C35H43ClN6O2. The highest BCUT2D eigenvalue weighted by atomic mass is 35.5. The number of anilines is 1. The minimum atomic E-state index is -0.411. The van der Waals surface area contributed by atoms with Crippen molar-refractivity contribution in [2.75, 3.05) is 37.7 Å². The van der Waals surface area contributed by atoms with Crippen LogP contribution in [-0.4, -0.2) is 64.8 Å². The molecular weight excluding hydrogens is 572 g/mol. The number of rotatable bonds is 12. The number of carbonyl (C=O) groups excluding carboxylic acids is 1. The van der Waals surface area contributed by atoms with Gasteiger partial charge in [-0.05, 0) is 54.5 Å². The molecule has 1 fully saturated rings. The van der Waals surface area contributed by atoms with Crippen molar-refractivity contribution in [3.8, 4) is 0 Å². The first kappa shape index (κ1) is 31.5. The predicted octanol–water partition coefficient (Wildman–Crippen LogP) is 6.34. The lowest BCUT2D eigenvalue weighted by atomic mass is 9.94. The van der Waals surface area contributed by atoms with Gasteiger partial charge in [0.2, 0.25) is 0 Å². The minimum absolute atomic E-state index is 0.173. The highest BCUT2D eigenvalue weighted by Crippen LogP contribution is 2.26. The maximum Gasteiger partial charge on any atom is 0.407 e. The van der Waals surface area contributed by atoms with Crippen LogP contribution in [-0.2, 0) is 24.1 Å². The lowest BCUT2D eigenvalue weighted by Crippen LogP contribution is -2.46. The molecule has 44 heavy (non-hydrogen) atoms. The first-order valence-electron chi connectivity index (χ1n) is 15.5. The van der Waals surface area contributed by atoms with E-state index in [1.807, 2.05) is 67.2 Å². The van der Waals surface area contributed by atoms with Gasteiger partial charge in [-0.2, -0.15) is 0 Å². The molecule has 5 rings (SSSR count). The van der Waals surface area contributed by atoms with Crippen LogP contribution in [0.5, 0.6) is 0 Å². The van der Waals surface area contributed by atoms with Crippen LogP contribution in [0.15, 0.2) is 85.1 Å². The van der Waals surface area contributed by atoms with Gasteiger partial charge in [-0.25, -0.2) is 9.48 Å². The summed E-state index contributed by atoms with van der Waals surface area (Å²) in [6, 6.07) is 26.2. The third kappa shape index (κ3) is 8.83. The van der Waals surface area contributed by atoms with E-state index >= 15 is 0 Å². The normalized spacial score (nSPS) is 15.2. The number of amides is 1. The molecule has 232 valence electrons. The smallest absolute Gasteiger partial charge is 0.407 e. The fourth-order valence-corrected chi connectivity index (χ4v) is 5.88. The Balaban J connectivity index is 1.33. The molecule has 0 unspecified atom stereocenters. The van der Waals surface area contributed by atoms with Gasteiger partial charge in [-0.1, -0.05) is 97.4 Å². The topological polar surface area (TPSA) is 75.5 Å². The molecule has 1 aliphatic rings. The lowest BCUT2D eigenvalue weighted by molar-refractivity contribution is 0.125. The standard InChI is InChI=1S/C35H43ClN6O2/c1-26(2)25-44-35(43)37-32(20-28-10-6-4-7-11-28)34(21-29-12-8-5-9-13-29)42-24-31(38-39-42)23-40-16-18-41(19-17-40)33-22-30(36)15-14-27(33)3/h4-15,22,24,26,32,34H,16-21,23,25H2,1-3H3,(H,37,43)/t32-,34-/m0/s1. The Morgan fingerprint density at radius 2 is 1.59 bits per heavy atom. The fraction of sp³-hybridized carbons (Fsp3) is 0.400. The second kappa shape index (κ2) is 15.2. The van der Waals surface area contributed by atoms with Crippen LogP contribution in [0.3, 0.4) is 0 Å². The number of hydrogen-bond donors (Lipinski definition) is 1. The number of alkyl carbamates (subject to hydrolysis) is 1. The summed E-state index contributed by atoms with van der Waals surface area (Å²) < 4.78 is 7.49. The number of halogens is 1. The molecule has 1 saturated heterocycles. The van der Waals surface area contributed by atoms with E-state index in [4.69, 9.17) is 16.3 Å². The van der Waals surface area contributed by atoms with Crippen LogP contribution < -0.4 is 10.2 Å². The van der Waals surface area contributed by atoms with E-state index in [0.717, 1.165) is 48.0 Å². The molecule has 2 heterocycles. The van der Waals surface area contributed by atoms with Gasteiger partial charge in [0.25, 0.3) is 0 Å². The highest BCUT2D eigenvalue weighted by Gasteiger charge is 2.28. The monoisotopic (exact) mass is 614 g/mol. The van der Waals surface area contributed by atoms with Crippen molar-refractivity contribution in [2.45, 2.75) is 52.2 Å². The third-order valence-electron chi connectivity index (χ3n) is 8.07. The number of aromatic nitrogens is 3. The Bertz CT molecular complexity index is 1470. The van der Waals surface area contributed by atoms with Gasteiger partial charge in [0.1, 0.15) is 0 Å². The summed E-state index contributed by atoms with van der Waals surface area (Å²) in [5, 5.41) is 13.2. The Kier molecular flexibility index (Phi) is 10.9. The van der Waals surface area contributed by atoms with E-state index in [1.54, 1.807) is 0 Å². The van der Waals surface area contributed by atoms with Gasteiger partial charge in [-0.3, -0.25) is 4.90 Å². The quantitative estimate of drug-likeness (QED) is 0.201. The SMILES string of the molecule is Cc1ccc(Cl)cc1N1CCN(Cc2cn([C@@H](Cc3ccccc3)[C@H](Cc3ccccc3)NC(=O)OCC(C)C)nn2)CC1. The second-order valence-electron chi connectivity index (χ2n) is 12.1. The summed E-state index contributed by atoms with van der Waals surface area (Å²) in [6.45, 7) is 11.0. The van der Waals surface area contributed by atoms with Crippen molar-refractivity contribution >= 4 is 23.4 Å². The van der Waals surface area contributed by atoms with E-state index in [2.05, 4.69) is 68.8 Å². The number of piperazine rings is 1. The predicted molar refractivity (Wildman–Crippen MR) is 176 cm³/mol. The summed E-state index contributed by atoms with van der Waals surface area (Å²) in [5.74, 6) is 0.252. The Morgan fingerprint density at radius 3 is 2.25 bits per heavy atom. The molecule has 3 aromatic carbocycles. The van der Waals surface area contributed by atoms with Gasteiger partial charge >= 0.3 is 6.09 Å². The van der Waals surface area contributed by atoms with Gasteiger partial charge < -0.3 is 15.0 Å². The second-order valence-corrected chi connectivity index (χ2v) is 12.5. The largest absolute Gasteiger partial charge is 0.449 e. The molecule has 4 aromatic rings. The molecule has 0 radical (unpaired) electrons. The number of nitrogens with zero attached hydrogens (tertiary/aromatic N) is 5. The average molecular weight is 615 g/mol. The van der Waals surface area contributed by atoms with Crippen molar-refractivity contribution in [3.05, 3.63) is 112 Å². The van der Waals surface area contributed by atoms with Crippen molar-refractivity contribution in [1.82, 2.24) is 25.2 Å². The highest BCUT2D eigenvalue weighted by molar-refractivity contribution is 6.30. The number of aryl methyl sites for hydroxylation is 1. The zero-order valence-electron chi connectivity index (χ0n) is 25.9. The first-order valence-corrected chi connectivity index (χ1v) is 15.9. The third-order valence-corrected chi connectivity index (χ3v) is 8.30. The Hall–Kier alpha value is -3.88. The number of hydrogen-bond acceptors (Lipinski definition) is 6. The lowest BCUT2D eigenvalue weighted by Gasteiger charge is -2.36. The summed E-state index contributed by atoms with van der Waals surface area (Å²) in [4.78, 5) is 17.8. The van der Waals surface area contributed by atoms with Crippen molar-refractivity contribution in [3.63, 3.8) is 0 Å². The molecule has 0 bridgehead atoms. The van der Waals surface area contributed by atoms with E-state index in [9.17, 15) is 4.79 Å². The molecule has 2 atom stereocenters. The van der Waals surface area contributed by atoms with Crippen LogP contribution in [0, 0.1) is 12.8 Å². The van der Waals surface area contributed by atoms with Crippen LogP contribution >= 0.6 is 11.6 Å². The maximum absolute atomic E-state index is 13.0. The number of carbonyl (C=O) groups is 1. The first-order chi connectivity index (χ1) is 21.3. The summed E-state index contributed by atoms with van der Waals surface area (Å²) in [5.41, 5.74) is 5.65. The number of ether oxygens (including phenoxy) is 1. The van der Waals surface area contributed by atoms with Crippen LogP contribution in [0.25, 0.3) is 0 Å². The number of benzene rings is 3. The molecule has 1 N–H and O–H groups in total. The summed E-state index contributed by atoms with van der Waals surface area (Å²) >= 11 is 6.29. The Labute approximate surface area is 266 Å². The molecule has 1 amide bonds. The van der Waals surface area contributed by atoms with E-state index in [-0.39, 0.29) is 18.0 Å². The van der Waals surface area contributed by atoms with E-state index in [0.29, 0.717) is 26.0 Å².